The van der Waals surface area contributed by atoms with Gasteiger partial charge in [0.1, 0.15) is 0 Å². The highest BCUT2D eigenvalue weighted by atomic mass is 79.9. The van der Waals surface area contributed by atoms with Crippen molar-refractivity contribution in [3.05, 3.63) is 68.1 Å². The summed E-state index contributed by atoms with van der Waals surface area (Å²) >= 11 is 6.42. The van der Waals surface area contributed by atoms with E-state index in [1.807, 2.05) is 12.1 Å². The Labute approximate surface area is 137 Å². The Balaban J connectivity index is 2.55. The molecule has 1 N–H and O–H groups in total. The van der Waals surface area contributed by atoms with Crippen LogP contribution in [0.1, 0.15) is 22.7 Å². The second-order valence-electron chi connectivity index (χ2n) is 4.50. The number of rotatable bonds is 3. The van der Waals surface area contributed by atoms with Crippen LogP contribution < -0.4 is 5.32 Å². The molecule has 0 bridgehead atoms. The molecule has 2 aromatic rings. The van der Waals surface area contributed by atoms with Crippen LogP contribution in [0.5, 0.6) is 0 Å². The van der Waals surface area contributed by atoms with E-state index in [1.54, 1.807) is 25.2 Å². The average molecular weight is 423 g/mol. The number of halogens is 5. The van der Waals surface area contributed by atoms with Crippen LogP contribution in [0.25, 0.3) is 0 Å². The Morgan fingerprint density at radius 1 is 0.952 bits per heavy atom. The largest absolute Gasteiger partial charge is 0.416 e. The molecule has 2 rings (SSSR count). The average Bonchev–Trinajstić information content (AvgIpc) is 2.42. The molecule has 0 aliphatic heterocycles. The van der Waals surface area contributed by atoms with Gasteiger partial charge in [-0.15, -0.1) is 0 Å². The van der Waals surface area contributed by atoms with Gasteiger partial charge in [0.25, 0.3) is 0 Å². The fraction of sp³-hybridized carbons (Fsp3) is 0.200. The third kappa shape index (κ3) is 3.87. The highest BCUT2D eigenvalue weighted by Crippen LogP contribution is 2.38. The Kier molecular flexibility index (Phi) is 5.11. The minimum absolute atomic E-state index is 0.204. The first-order chi connectivity index (χ1) is 9.82. The summed E-state index contributed by atoms with van der Waals surface area (Å²) in [7, 11) is 1.65. The molecule has 1 nitrogen and oxygen atoms in total. The minimum Gasteiger partial charge on any atom is -0.309 e. The van der Waals surface area contributed by atoms with Crippen molar-refractivity contribution >= 4 is 31.9 Å². The van der Waals surface area contributed by atoms with Crippen LogP contribution in [0.15, 0.2) is 51.4 Å². The van der Waals surface area contributed by atoms with Gasteiger partial charge in [-0.25, -0.2) is 0 Å². The third-order valence-corrected chi connectivity index (χ3v) is 4.15. The van der Waals surface area contributed by atoms with Gasteiger partial charge in [0.15, 0.2) is 0 Å². The summed E-state index contributed by atoms with van der Waals surface area (Å²) in [5.41, 5.74) is 0.336. The predicted molar refractivity (Wildman–Crippen MR) is 84.2 cm³/mol. The van der Waals surface area contributed by atoms with E-state index in [2.05, 4.69) is 37.2 Å². The molecule has 0 saturated heterocycles. The van der Waals surface area contributed by atoms with Gasteiger partial charge in [-0.05, 0) is 42.4 Å². The van der Waals surface area contributed by atoms with Crippen LogP contribution in [0.3, 0.4) is 0 Å². The van der Waals surface area contributed by atoms with Gasteiger partial charge in [-0.1, -0.05) is 50.1 Å². The van der Waals surface area contributed by atoms with Crippen molar-refractivity contribution in [3.63, 3.8) is 0 Å². The summed E-state index contributed by atoms with van der Waals surface area (Å²) < 4.78 is 41.0. The first-order valence-corrected chi connectivity index (χ1v) is 7.71. The van der Waals surface area contributed by atoms with E-state index in [9.17, 15) is 13.2 Å². The first-order valence-electron chi connectivity index (χ1n) is 6.12. The standard InChI is InChI=1S/C15H12Br2F3N/c1-21-14(9-2-4-10(16)5-3-9)12-7-6-11(17)8-13(12)15(18,19)20/h2-8,14,21H,1H3. The van der Waals surface area contributed by atoms with Crippen molar-refractivity contribution in [2.24, 2.45) is 0 Å². The molecule has 0 fully saturated rings. The smallest absolute Gasteiger partial charge is 0.309 e. The molecule has 2 aromatic carbocycles. The van der Waals surface area contributed by atoms with Crippen LogP contribution in [-0.4, -0.2) is 7.05 Å². The normalized spacial score (nSPS) is 13.2. The maximum atomic E-state index is 13.2. The van der Waals surface area contributed by atoms with Crippen molar-refractivity contribution in [1.82, 2.24) is 5.32 Å². The second-order valence-corrected chi connectivity index (χ2v) is 6.33. The summed E-state index contributed by atoms with van der Waals surface area (Å²) in [6, 6.07) is 10.9. The molecule has 0 spiro atoms. The molecular formula is C15H12Br2F3N. The van der Waals surface area contributed by atoms with Crippen LogP contribution >= 0.6 is 31.9 Å². The Hall–Kier alpha value is -0.850. The van der Waals surface area contributed by atoms with Crippen molar-refractivity contribution in [2.45, 2.75) is 12.2 Å². The van der Waals surface area contributed by atoms with E-state index in [0.717, 1.165) is 16.1 Å². The highest BCUT2D eigenvalue weighted by molar-refractivity contribution is 9.10. The summed E-state index contributed by atoms with van der Waals surface area (Å²) in [6.45, 7) is 0. The van der Waals surface area contributed by atoms with Crippen molar-refractivity contribution in [2.75, 3.05) is 7.05 Å². The molecule has 6 heteroatoms. The van der Waals surface area contributed by atoms with Crippen LogP contribution in [0.2, 0.25) is 0 Å². The SMILES string of the molecule is CNC(c1ccc(Br)cc1)c1ccc(Br)cc1C(F)(F)F. The van der Waals surface area contributed by atoms with Crippen molar-refractivity contribution in [1.29, 1.82) is 0 Å². The molecule has 1 atom stereocenters. The molecule has 0 aliphatic carbocycles. The van der Waals surface area contributed by atoms with Gasteiger partial charge in [0, 0.05) is 8.95 Å². The lowest BCUT2D eigenvalue weighted by Crippen LogP contribution is -2.22. The quantitative estimate of drug-likeness (QED) is 0.684. The fourth-order valence-electron chi connectivity index (χ4n) is 2.18. The van der Waals surface area contributed by atoms with Crippen LogP contribution in [0, 0.1) is 0 Å². The lowest BCUT2D eigenvalue weighted by Gasteiger charge is -2.22. The topological polar surface area (TPSA) is 12.0 Å². The van der Waals surface area contributed by atoms with Gasteiger partial charge < -0.3 is 5.32 Å². The van der Waals surface area contributed by atoms with Gasteiger partial charge in [0.2, 0.25) is 0 Å². The molecule has 0 amide bonds. The minimum atomic E-state index is -4.40. The van der Waals surface area contributed by atoms with Gasteiger partial charge in [-0.3, -0.25) is 0 Å². The lowest BCUT2D eigenvalue weighted by molar-refractivity contribution is -0.138. The number of alkyl halides is 3. The molecule has 1 unspecified atom stereocenters. The highest BCUT2D eigenvalue weighted by Gasteiger charge is 2.35. The van der Waals surface area contributed by atoms with Crippen LogP contribution in [-0.2, 0) is 6.18 Å². The molecule has 0 saturated carbocycles. The zero-order chi connectivity index (χ0) is 15.6. The summed E-state index contributed by atoms with van der Waals surface area (Å²) in [5.74, 6) is 0. The first kappa shape index (κ1) is 16.5. The maximum absolute atomic E-state index is 13.2. The zero-order valence-corrected chi connectivity index (χ0v) is 14.2. The molecule has 0 heterocycles. The Morgan fingerprint density at radius 3 is 2.05 bits per heavy atom. The van der Waals surface area contributed by atoms with E-state index in [-0.39, 0.29) is 5.56 Å². The Bertz CT molecular complexity index is 624. The lowest BCUT2D eigenvalue weighted by atomic mass is 9.94. The van der Waals surface area contributed by atoms with E-state index < -0.39 is 17.8 Å². The molecule has 0 aromatic heterocycles. The van der Waals surface area contributed by atoms with Crippen molar-refractivity contribution in [3.8, 4) is 0 Å². The van der Waals surface area contributed by atoms with E-state index in [1.165, 1.54) is 6.07 Å². The summed E-state index contributed by atoms with van der Waals surface area (Å²) in [4.78, 5) is 0. The van der Waals surface area contributed by atoms with Gasteiger partial charge in [0.05, 0.1) is 11.6 Å². The summed E-state index contributed by atoms with van der Waals surface area (Å²) in [5, 5.41) is 2.96. The molecule has 0 aliphatic rings. The fourth-order valence-corrected chi connectivity index (χ4v) is 2.81. The van der Waals surface area contributed by atoms with E-state index >= 15 is 0 Å². The van der Waals surface area contributed by atoms with E-state index in [4.69, 9.17) is 0 Å². The van der Waals surface area contributed by atoms with Crippen LogP contribution in [0.4, 0.5) is 13.2 Å². The van der Waals surface area contributed by atoms with Gasteiger partial charge in [-0.2, -0.15) is 13.2 Å². The molecular weight excluding hydrogens is 411 g/mol. The van der Waals surface area contributed by atoms with Gasteiger partial charge >= 0.3 is 6.18 Å². The number of nitrogens with one attached hydrogen (secondary N) is 1. The monoisotopic (exact) mass is 421 g/mol. The number of hydrogen-bond donors (Lipinski definition) is 1. The second kappa shape index (κ2) is 6.50. The Morgan fingerprint density at radius 2 is 1.52 bits per heavy atom. The van der Waals surface area contributed by atoms with Crippen molar-refractivity contribution < 1.29 is 13.2 Å². The molecule has 0 radical (unpaired) electrons. The zero-order valence-electron chi connectivity index (χ0n) is 11.0. The number of benzene rings is 2. The maximum Gasteiger partial charge on any atom is 0.416 e. The molecule has 21 heavy (non-hydrogen) atoms. The summed E-state index contributed by atoms with van der Waals surface area (Å²) in [6.07, 6.45) is -4.40. The van der Waals surface area contributed by atoms with E-state index in [0.29, 0.717) is 4.47 Å². The number of hydrogen-bond acceptors (Lipinski definition) is 1. The predicted octanol–water partition coefficient (Wildman–Crippen LogP) is 5.54. The molecule has 112 valence electrons. The third-order valence-electron chi connectivity index (χ3n) is 3.12.